The first-order valence-electron chi connectivity index (χ1n) is 7.68. The van der Waals surface area contributed by atoms with Crippen molar-refractivity contribution in [2.45, 2.75) is 60.4 Å². The number of aryl methyl sites for hydroxylation is 3. The molecule has 0 spiro atoms. The van der Waals surface area contributed by atoms with Gasteiger partial charge in [-0.05, 0) is 57.2 Å². The average Bonchev–Trinajstić information content (AvgIpc) is 2.77. The van der Waals surface area contributed by atoms with Crippen LogP contribution in [0.2, 0.25) is 0 Å². The van der Waals surface area contributed by atoms with E-state index in [9.17, 15) is 0 Å². The molecule has 20 heavy (non-hydrogen) atoms. The summed E-state index contributed by atoms with van der Waals surface area (Å²) in [5.74, 6) is 0. The van der Waals surface area contributed by atoms with Gasteiger partial charge in [0.2, 0.25) is 0 Å². The molecule has 2 rings (SSSR count). The molecule has 2 nitrogen and oxygen atoms in total. The van der Waals surface area contributed by atoms with Gasteiger partial charge in [0.1, 0.15) is 0 Å². The molecule has 0 unspecified atom stereocenters. The third-order valence-corrected chi connectivity index (χ3v) is 3.97. The van der Waals surface area contributed by atoms with Gasteiger partial charge >= 0.3 is 0 Å². The highest BCUT2D eigenvalue weighted by Gasteiger charge is 2.20. The molecule has 0 saturated carbocycles. The van der Waals surface area contributed by atoms with Gasteiger partial charge in [-0.15, -0.1) is 0 Å². The van der Waals surface area contributed by atoms with E-state index in [1.165, 1.54) is 33.6 Å². The van der Waals surface area contributed by atoms with Crippen LogP contribution in [0.25, 0.3) is 11.1 Å². The number of hydrogen-bond acceptors (Lipinski definition) is 1. The van der Waals surface area contributed by atoms with Gasteiger partial charge in [-0.1, -0.05) is 32.0 Å². The Morgan fingerprint density at radius 3 is 2.05 bits per heavy atom. The molecule has 0 fully saturated rings. The van der Waals surface area contributed by atoms with Crippen molar-refractivity contribution >= 4 is 0 Å². The number of rotatable bonds is 4. The maximum Gasteiger partial charge on any atom is 0.0703 e. The van der Waals surface area contributed by atoms with Gasteiger partial charge in [0, 0.05) is 17.3 Å². The highest BCUT2D eigenvalue weighted by atomic mass is 15.3. The molecule has 0 bridgehead atoms. The van der Waals surface area contributed by atoms with E-state index in [1.54, 1.807) is 0 Å². The van der Waals surface area contributed by atoms with E-state index in [4.69, 9.17) is 5.10 Å². The van der Waals surface area contributed by atoms with Crippen LogP contribution in [0.1, 0.15) is 56.3 Å². The van der Waals surface area contributed by atoms with Gasteiger partial charge in [-0.3, -0.25) is 4.68 Å². The second kappa shape index (κ2) is 5.82. The molecular weight excluding hydrogens is 244 g/mol. The highest BCUT2D eigenvalue weighted by molar-refractivity contribution is 5.75. The number of aromatic nitrogens is 2. The monoisotopic (exact) mass is 270 g/mol. The average molecular weight is 270 g/mol. The normalized spacial score (nSPS) is 11.3. The van der Waals surface area contributed by atoms with E-state index in [2.05, 4.69) is 64.4 Å². The van der Waals surface area contributed by atoms with E-state index in [0.29, 0.717) is 6.04 Å². The Balaban J connectivity index is 2.79. The minimum Gasteiger partial charge on any atom is -0.266 e. The Labute approximate surface area is 122 Å². The molecule has 1 aromatic carbocycles. The first-order chi connectivity index (χ1) is 9.51. The second-order valence-corrected chi connectivity index (χ2v) is 5.78. The molecule has 0 N–H and O–H groups in total. The van der Waals surface area contributed by atoms with Crippen LogP contribution in [0.3, 0.4) is 0 Å². The van der Waals surface area contributed by atoms with Gasteiger partial charge in [0.15, 0.2) is 0 Å². The van der Waals surface area contributed by atoms with E-state index < -0.39 is 0 Å². The standard InChI is InChI=1S/C18H26N2/c1-7-15-18(16(8-2)20(19-15)12(3)4)17-13(5)10-9-11-14(17)6/h9-12H,7-8H2,1-6H3. The lowest BCUT2D eigenvalue weighted by atomic mass is 9.92. The fourth-order valence-corrected chi connectivity index (χ4v) is 3.03. The van der Waals surface area contributed by atoms with Crippen molar-refractivity contribution < 1.29 is 0 Å². The molecule has 2 aromatic rings. The van der Waals surface area contributed by atoms with Crippen molar-refractivity contribution in [3.05, 3.63) is 40.7 Å². The molecule has 0 atom stereocenters. The molecule has 0 aliphatic carbocycles. The molecule has 108 valence electrons. The van der Waals surface area contributed by atoms with Gasteiger partial charge in [0.05, 0.1) is 5.69 Å². The van der Waals surface area contributed by atoms with E-state index >= 15 is 0 Å². The molecule has 0 amide bonds. The summed E-state index contributed by atoms with van der Waals surface area (Å²) in [6.45, 7) is 13.2. The zero-order valence-corrected chi connectivity index (χ0v) is 13.6. The van der Waals surface area contributed by atoms with E-state index in [0.717, 1.165) is 12.8 Å². The third-order valence-electron chi connectivity index (χ3n) is 3.97. The van der Waals surface area contributed by atoms with Crippen molar-refractivity contribution in [2.24, 2.45) is 0 Å². The minimum atomic E-state index is 0.410. The Morgan fingerprint density at radius 2 is 1.60 bits per heavy atom. The Kier molecular flexibility index (Phi) is 4.32. The Morgan fingerprint density at radius 1 is 1.00 bits per heavy atom. The van der Waals surface area contributed by atoms with Crippen LogP contribution in [-0.2, 0) is 12.8 Å². The van der Waals surface area contributed by atoms with Crippen molar-refractivity contribution in [3.63, 3.8) is 0 Å². The largest absolute Gasteiger partial charge is 0.266 e. The van der Waals surface area contributed by atoms with Crippen molar-refractivity contribution in [1.82, 2.24) is 9.78 Å². The maximum atomic E-state index is 4.87. The molecule has 1 aromatic heterocycles. The summed E-state index contributed by atoms with van der Waals surface area (Å²) in [7, 11) is 0. The predicted molar refractivity (Wildman–Crippen MR) is 86.3 cm³/mol. The van der Waals surface area contributed by atoms with Gasteiger partial charge in [-0.25, -0.2) is 0 Å². The zero-order valence-electron chi connectivity index (χ0n) is 13.6. The van der Waals surface area contributed by atoms with Gasteiger partial charge in [-0.2, -0.15) is 5.10 Å². The lowest BCUT2D eigenvalue weighted by molar-refractivity contribution is 0.507. The van der Waals surface area contributed by atoms with Crippen LogP contribution in [-0.4, -0.2) is 9.78 Å². The summed E-state index contributed by atoms with van der Waals surface area (Å²) in [4.78, 5) is 0. The summed E-state index contributed by atoms with van der Waals surface area (Å²) >= 11 is 0. The predicted octanol–water partition coefficient (Wildman–Crippen LogP) is 4.87. The first-order valence-corrected chi connectivity index (χ1v) is 7.68. The summed E-state index contributed by atoms with van der Waals surface area (Å²) in [6, 6.07) is 6.95. The molecule has 0 radical (unpaired) electrons. The lowest BCUT2D eigenvalue weighted by Crippen LogP contribution is -2.07. The SMILES string of the molecule is CCc1nn(C(C)C)c(CC)c1-c1c(C)cccc1C. The quantitative estimate of drug-likeness (QED) is 0.774. The van der Waals surface area contributed by atoms with Gasteiger partial charge in [0.25, 0.3) is 0 Å². The zero-order chi connectivity index (χ0) is 14.9. The molecule has 2 heteroatoms. The van der Waals surface area contributed by atoms with Crippen molar-refractivity contribution in [2.75, 3.05) is 0 Å². The topological polar surface area (TPSA) is 17.8 Å². The van der Waals surface area contributed by atoms with Crippen molar-refractivity contribution in [3.8, 4) is 11.1 Å². The number of benzene rings is 1. The Hall–Kier alpha value is -1.57. The van der Waals surface area contributed by atoms with Crippen LogP contribution in [0.4, 0.5) is 0 Å². The second-order valence-electron chi connectivity index (χ2n) is 5.78. The van der Waals surface area contributed by atoms with E-state index in [1.807, 2.05) is 0 Å². The lowest BCUT2D eigenvalue weighted by Gasteiger charge is -2.14. The maximum absolute atomic E-state index is 4.87. The first kappa shape index (κ1) is 14.8. The smallest absolute Gasteiger partial charge is 0.0703 e. The highest BCUT2D eigenvalue weighted by Crippen LogP contribution is 2.34. The molecular formula is C18H26N2. The minimum absolute atomic E-state index is 0.410. The van der Waals surface area contributed by atoms with Crippen LogP contribution in [0, 0.1) is 13.8 Å². The van der Waals surface area contributed by atoms with Crippen LogP contribution >= 0.6 is 0 Å². The number of hydrogen-bond donors (Lipinski definition) is 0. The van der Waals surface area contributed by atoms with Gasteiger partial charge < -0.3 is 0 Å². The summed E-state index contributed by atoms with van der Waals surface area (Å²) in [5, 5.41) is 4.87. The summed E-state index contributed by atoms with van der Waals surface area (Å²) in [5.41, 5.74) is 8.05. The van der Waals surface area contributed by atoms with Crippen molar-refractivity contribution in [1.29, 1.82) is 0 Å². The van der Waals surface area contributed by atoms with Crippen LogP contribution in [0.5, 0.6) is 0 Å². The molecule has 0 aliphatic rings. The van der Waals surface area contributed by atoms with E-state index in [-0.39, 0.29) is 0 Å². The number of nitrogens with zero attached hydrogens (tertiary/aromatic N) is 2. The summed E-state index contributed by atoms with van der Waals surface area (Å²) < 4.78 is 2.21. The summed E-state index contributed by atoms with van der Waals surface area (Å²) in [6.07, 6.45) is 2.00. The fraction of sp³-hybridized carbons (Fsp3) is 0.500. The Bertz CT molecular complexity index is 586. The molecule has 1 heterocycles. The molecule has 0 saturated heterocycles. The molecule has 0 aliphatic heterocycles. The fourth-order valence-electron chi connectivity index (χ4n) is 3.03. The van der Waals surface area contributed by atoms with Crippen LogP contribution in [0.15, 0.2) is 18.2 Å². The van der Waals surface area contributed by atoms with Crippen LogP contribution < -0.4 is 0 Å². The third kappa shape index (κ3) is 2.39.